The number of hydrogen-bond donors (Lipinski definition) is 0. The lowest BCUT2D eigenvalue weighted by atomic mass is 10.2. The van der Waals surface area contributed by atoms with Crippen LogP contribution in [0.4, 0.5) is 24.5 Å². The van der Waals surface area contributed by atoms with E-state index in [0.717, 1.165) is 56.2 Å². The zero-order valence-electron chi connectivity index (χ0n) is 17.7. The lowest BCUT2D eigenvalue weighted by Gasteiger charge is -2.29. The normalized spacial score (nSPS) is 14.2. The summed E-state index contributed by atoms with van der Waals surface area (Å²) in [6.45, 7) is 3.26. The van der Waals surface area contributed by atoms with Gasteiger partial charge in [0.15, 0.2) is 0 Å². The fraction of sp³-hybridized carbons (Fsp3) is 0.231. The second kappa shape index (κ2) is 10.4. The molecule has 0 saturated carbocycles. The van der Waals surface area contributed by atoms with Crippen molar-refractivity contribution in [3.05, 3.63) is 102 Å². The summed E-state index contributed by atoms with van der Waals surface area (Å²) in [7, 11) is 0. The third kappa shape index (κ3) is 5.92. The van der Waals surface area contributed by atoms with Crippen molar-refractivity contribution in [3.63, 3.8) is 0 Å². The maximum Gasteiger partial charge on any atom is 0.127 e. The van der Waals surface area contributed by atoms with Crippen molar-refractivity contribution < 1.29 is 17.9 Å². The minimum absolute atomic E-state index is 0.281. The third-order valence-electron chi connectivity index (χ3n) is 5.45. The van der Waals surface area contributed by atoms with Crippen LogP contribution in [0.5, 0.6) is 5.75 Å². The first kappa shape index (κ1) is 22.0. The Hall–Kier alpha value is -3.25. The van der Waals surface area contributed by atoms with Crippen molar-refractivity contribution in [2.45, 2.75) is 12.8 Å². The summed E-state index contributed by atoms with van der Waals surface area (Å²) < 4.78 is 45.6. The Morgan fingerprint density at radius 3 is 1.78 bits per heavy atom. The van der Waals surface area contributed by atoms with Crippen LogP contribution in [0.3, 0.4) is 0 Å². The van der Waals surface area contributed by atoms with Crippen LogP contribution in [0, 0.1) is 17.5 Å². The maximum absolute atomic E-state index is 13.4. The molecule has 0 radical (unpaired) electrons. The topological polar surface area (TPSA) is 15.7 Å². The Morgan fingerprint density at radius 1 is 0.750 bits per heavy atom. The first-order chi connectivity index (χ1) is 15.6. The summed E-state index contributed by atoms with van der Waals surface area (Å²) in [5.41, 5.74) is 1.73. The van der Waals surface area contributed by atoms with Crippen molar-refractivity contribution in [3.8, 4) is 5.75 Å². The maximum atomic E-state index is 13.4. The van der Waals surface area contributed by atoms with Crippen LogP contribution in [-0.4, -0.2) is 31.1 Å². The molecule has 1 aliphatic heterocycles. The molecule has 0 saturated heterocycles. The van der Waals surface area contributed by atoms with Crippen LogP contribution in [0.15, 0.2) is 84.6 Å². The van der Waals surface area contributed by atoms with Gasteiger partial charge in [-0.15, -0.1) is 0 Å². The monoisotopic (exact) mass is 438 g/mol. The molecule has 1 aliphatic rings. The predicted octanol–water partition coefficient (Wildman–Crippen LogP) is 6.30. The molecular weight excluding hydrogens is 413 g/mol. The van der Waals surface area contributed by atoms with Crippen LogP contribution in [0.1, 0.15) is 12.8 Å². The Labute approximate surface area is 186 Å². The number of ether oxygens (including phenoxy) is 1. The zero-order valence-corrected chi connectivity index (χ0v) is 17.7. The SMILES string of the molecule is Fc1ccc(OC2=CCN(CCCN(c3ccc(F)cc3)c3ccc(F)cc3)CC2)cc1. The van der Waals surface area contributed by atoms with Gasteiger partial charge in [0, 0.05) is 44.0 Å². The van der Waals surface area contributed by atoms with Crippen molar-refractivity contribution in [1.29, 1.82) is 0 Å². The molecule has 0 N–H and O–H groups in total. The molecule has 0 aromatic heterocycles. The van der Waals surface area contributed by atoms with E-state index < -0.39 is 0 Å². The molecule has 0 atom stereocenters. The molecule has 32 heavy (non-hydrogen) atoms. The van der Waals surface area contributed by atoms with Crippen molar-refractivity contribution >= 4 is 11.4 Å². The molecule has 4 rings (SSSR count). The highest BCUT2D eigenvalue weighted by molar-refractivity contribution is 5.63. The fourth-order valence-electron chi connectivity index (χ4n) is 3.74. The molecule has 3 nitrogen and oxygen atoms in total. The van der Waals surface area contributed by atoms with Gasteiger partial charge in [0.25, 0.3) is 0 Å². The number of hydrogen-bond acceptors (Lipinski definition) is 3. The van der Waals surface area contributed by atoms with Crippen molar-refractivity contribution in [1.82, 2.24) is 4.90 Å². The second-order valence-electron chi connectivity index (χ2n) is 7.74. The molecule has 0 bridgehead atoms. The van der Waals surface area contributed by atoms with E-state index in [0.29, 0.717) is 5.75 Å². The van der Waals surface area contributed by atoms with Gasteiger partial charge >= 0.3 is 0 Å². The summed E-state index contributed by atoms with van der Waals surface area (Å²) in [5, 5.41) is 0. The fourth-order valence-corrected chi connectivity index (χ4v) is 3.74. The molecule has 0 aliphatic carbocycles. The quantitative estimate of drug-likeness (QED) is 0.410. The Bertz CT molecular complexity index is 989. The number of halogens is 3. The highest BCUT2D eigenvalue weighted by Crippen LogP contribution is 2.26. The third-order valence-corrected chi connectivity index (χ3v) is 5.45. The Balaban J connectivity index is 1.33. The second-order valence-corrected chi connectivity index (χ2v) is 7.74. The number of benzene rings is 3. The summed E-state index contributed by atoms with van der Waals surface area (Å²) in [6, 6.07) is 18.7. The molecule has 6 heteroatoms. The average molecular weight is 438 g/mol. The minimum Gasteiger partial charge on any atom is -0.462 e. The Kier molecular flexibility index (Phi) is 7.12. The first-order valence-corrected chi connectivity index (χ1v) is 10.7. The van der Waals surface area contributed by atoms with Crippen LogP contribution >= 0.6 is 0 Å². The van der Waals surface area contributed by atoms with Gasteiger partial charge in [-0.05, 0) is 85.3 Å². The summed E-state index contributed by atoms with van der Waals surface area (Å²) in [4.78, 5) is 4.41. The van der Waals surface area contributed by atoms with Gasteiger partial charge in [-0.2, -0.15) is 0 Å². The van der Waals surface area contributed by atoms with Crippen LogP contribution in [-0.2, 0) is 0 Å². The van der Waals surface area contributed by atoms with Gasteiger partial charge in [-0.25, -0.2) is 13.2 Å². The molecule has 0 spiro atoms. The molecule has 0 fully saturated rings. The molecule has 3 aromatic carbocycles. The van der Waals surface area contributed by atoms with Crippen LogP contribution in [0.25, 0.3) is 0 Å². The average Bonchev–Trinajstić information content (AvgIpc) is 2.81. The van der Waals surface area contributed by atoms with E-state index in [4.69, 9.17) is 4.74 Å². The first-order valence-electron chi connectivity index (χ1n) is 10.7. The molecule has 0 unspecified atom stereocenters. The summed E-state index contributed by atoms with van der Waals surface area (Å²) in [5.74, 6) is 0.682. The van der Waals surface area contributed by atoms with E-state index in [1.54, 1.807) is 36.4 Å². The highest BCUT2D eigenvalue weighted by Gasteiger charge is 2.15. The van der Waals surface area contributed by atoms with E-state index >= 15 is 0 Å². The van der Waals surface area contributed by atoms with E-state index in [2.05, 4.69) is 15.9 Å². The molecular formula is C26H25F3N2O. The lowest BCUT2D eigenvalue weighted by molar-refractivity contribution is 0.260. The van der Waals surface area contributed by atoms with E-state index in [9.17, 15) is 13.2 Å². The van der Waals surface area contributed by atoms with Gasteiger partial charge in [0.2, 0.25) is 0 Å². The van der Waals surface area contributed by atoms with Gasteiger partial charge in [0.05, 0.1) is 0 Å². The van der Waals surface area contributed by atoms with Gasteiger partial charge in [-0.3, -0.25) is 4.90 Å². The van der Waals surface area contributed by atoms with E-state index in [1.807, 2.05) is 0 Å². The van der Waals surface area contributed by atoms with Crippen molar-refractivity contribution in [2.75, 3.05) is 31.1 Å². The predicted molar refractivity (Wildman–Crippen MR) is 121 cm³/mol. The minimum atomic E-state index is -0.286. The zero-order chi connectivity index (χ0) is 22.3. The van der Waals surface area contributed by atoms with E-state index in [1.165, 1.54) is 36.4 Å². The van der Waals surface area contributed by atoms with E-state index in [-0.39, 0.29) is 17.5 Å². The smallest absolute Gasteiger partial charge is 0.127 e. The molecule has 3 aromatic rings. The standard InChI is InChI=1S/C26H25F3N2O/c27-20-2-8-23(9-3-20)31(24-10-4-21(28)5-11-24)17-1-16-30-18-14-26(15-19-30)32-25-12-6-22(29)7-13-25/h2-14H,1,15-19H2. The van der Waals surface area contributed by atoms with Gasteiger partial charge in [-0.1, -0.05) is 0 Å². The van der Waals surface area contributed by atoms with Gasteiger partial charge in [0.1, 0.15) is 29.0 Å². The largest absolute Gasteiger partial charge is 0.462 e. The highest BCUT2D eigenvalue weighted by atomic mass is 19.1. The molecule has 1 heterocycles. The molecule has 166 valence electrons. The van der Waals surface area contributed by atoms with Gasteiger partial charge < -0.3 is 9.64 Å². The summed E-state index contributed by atoms with van der Waals surface area (Å²) >= 11 is 0. The van der Waals surface area contributed by atoms with Crippen LogP contribution in [0.2, 0.25) is 0 Å². The number of anilines is 2. The lowest BCUT2D eigenvalue weighted by Crippen LogP contribution is -2.32. The molecule has 0 amide bonds. The van der Waals surface area contributed by atoms with Crippen LogP contribution < -0.4 is 9.64 Å². The summed E-state index contributed by atoms with van der Waals surface area (Å²) in [6.07, 6.45) is 3.73. The van der Waals surface area contributed by atoms with Crippen molar-refractivity contribution in [2.24, 2.45) is 0 Å². The number of nitrogens with zero attached hydrogens (tertiary/aromatic N) is 2. The number of rotatable bonds is 8. The Morgan fingerprint density at radius 2 is 1.28 bits per heavy atom.